The van der Waals surface area contributed by atoms with Gasteiger partial charge in [-0.15, -0.1) is 0 Å². The van der Waals surface area contributed by atoms with Crippen molar-refractivity contribution < 1.29 is 0 Å². The highest BCUT2D eigenvalue weighted by atomic mass is 35.5. The molecule has 100 valence electrons. The van der Waals surface area contributed by atoms with Crippen molar-refractivity contribution in [3.8, 4) is 0 Å². The summed E-state index contributed by atoms with van der Waals surface area (Å²) >= 11 is 6.16. The predicted molar refractivity (Wildman–Crippen MR) is 79.7 cm³/mol. The molecule has 3 heteroatoms. The first-order chi connectivity index (χ1) is 8.50. The fourth-order valence-electron chi connectivity index (χ4n) is 2.64. The maximum absolute atomic E-state index is 6.16. The first-order valence-electron chi connectivity index (χ1n) is 6.75. The van der Waals surface area contributed by atoms with Crippen LogP contribution in [-0.2, 0) is 0 Å². The predicted octanol–water partition coefficient (Wildman–Crippen LogP) is 3.62. The number of nitrogens with one attached hydrogen (secondary N) is 1. The molecule has 2 rings (SSSR count). The number of hydrogen-bond acceptors (Lipinski definition) is 2. The van der Waals surface area contributed by atoms with E-state index in [0.29, 0.717) is 0 Å². The van der Waals surface area contributed by atoms with Crippen molar-refractivity contribution in [2.75, 3.05) is 24.5 Å². The number of anilines is 1. The Hall–Kier alpha value is -0.730. The molecular weight excluding hydrogens is 244 g/mol. The van der Waals surface area contributed by atoms with Crippen molar-refractivity contribution in [2.45, 2.75) is 39.2 Å². The van der Waals surface area contributed by atoms with Gasteiger partial charge in [0.05, 0.1) is 0 Å². The van der Waals surface area contributed by atoms with Crippen LogP contribution in [0.2, 0.25) is 5.02 Å². The zero-order chi connectivity index (χ0) is 13.2. The zero-order valence-corrected chi connectivity index (χ0v) is 12.3. The fraction of sp³-hybridized carbons (Fsp3) is 0.600. The molecule has 2 nitrogen and oxygen atoms in total. The third kappa shape index (κ3) is 2.99. The van der Waals surface area contributed by atoms with E-state index in [0.717, 1.165) is 31.1 Å². The summed E-state index contributed by atoms with van der Waals surface area (Å²) in [5.41, 5.74) is 2.76. The summed E-state index contributed by atoms with van der Waals surface area (Å²) in [5, 5.41) is 4.31. The lowest BCUT2D eigenvalue weighted by atomic mass is 9.94. The number of rotatable bonds is 1. The standard InChI is InChI=1S/C15H23ClN2/c1-12-5-6-13(16)11-14(12)18-10-4-8-17-9-7-15(18,2)3/h5-6,11,17H,4,7-10H2,1-3H3. The van der Waals surface area contributed by atoms with Crippen LogP contribution in [0.25, 0.3) is 0 Å². The van der Waals surface area contributed by atoms with Crippen LogP contribution in [0.1, 0.15) is 32.3 Å². The molecular formula is C15H23ClN2. The lowest BCUT2D eigenvalue weighted by Crippen LogP contribution is -2.49. The van der Waals surface area contributed by atoms with Crippen LogP contribution in [0.15, 0.2) is 18.2 Å². The molecule has 1 aliphatic heterocycles. The van der Waals surface area contributed by atoms with Gasteiger partial charge in [-0.2, -0.15) is 0 Å². The molecule has 1 saturated heterocycles. The number of halogens is 1. The molecule has 0 bridgehead atoms. The Morgan fingerprint density at radius 2 is 2.06 bits per heavy atom. The van der Waals surface area contributed by atoms with Crippen molar-refractivity contribution in [3.63, 3.8) is 0 Å². The van der Waals surface area contributed by atoms with Gasteiger partial charge in [0, 0.05) is 22.8 Å². The van der Waals surface area contributed by atoms with Gasteiger partial charge in [-0.05, 0) is 64.4 Å². The highest BCUT2D eigenvalue weighted by molar-refractivity contribution is 6.30. The average Bonchev–Trinajstić information content (AvgIpc) is 2.29. The van der Waals surface area contributed by atoms with Crippen LogP contribution >= 0.6 is 11.6 Å². The Morgan fingerprint density at radius 3 is 2.83 bits per heavy atom. The van der Waals surface area contributed by atoms with E-state index in [4.69, 9.17) is 11.6 Å². The van der Waals surface area contributed by atoms with E-state index in [2.05, 4.69) is 43.1 Å². The minimum atomic E-state index is 0.170. The van der Waals surface area contributed by atoms with E-state index in [1.807, 2.05) is 6.07 Å². The summed E-state index contributed by atoms with van der Waals surface area (Å²) in [4.78, 5) is 2.52. The summed E-state index contributed by atoms with van der Waals surface area (Å²) in [6.45, 7) is 10.1. The summed E-state index contributed by atoms with van der Waals surface area (Å²) in [5.74, 6) is 0. The molecule has 0 atom stereocenters. The van der Waals surface area contributed by atoms with Crippen molar-refractivity contribution in [1.82, 2.24) is 5.32 Å². The van der Waals surface area contributed by atoms with Crippen molar-refractivity contribution >= 4 is 17.3 Å². The first kappa shape index (κ1) is 13.7. The van der Waals surface area contributed by atoms with E-state index in [1.54, 1.807) is 0 Å². The van der Waals surface area contributed by atoms with Crippen LogP contribution in [0.3, 0.4) is 0 Å². The number of nitrogens with zero attached hydrogens (tertiary/aromatic N) is 1. The molecule has 0 spiro atoms. The Morgan fingerprint density at radius 1 is 1.28 bits per heavy atom. The van der Waals surface area contributed by atoms with E-state index in [-0.39, 0.29) is 5.54 Å². The lowest BCUT2D eigenvalue weighted by molar-refractivity contribution is 0.387. The molecule has 1 aromatic rings. The summed E-state index contributed by atoms with van der Waals surface area (Å²) in [6, 6.07) is 6.19. The molecule has 0 aromatic heterocycles. The molecule has 18 heavy (non-hydrogen) atoms. The van der Waals surface area contributed by atoms with Crippen LogP contribution in [0.5, 0.6) is 0 Å². The second kappa shape index (κ2) is 5.50. The first-order valence-corrected chi connectivity index (χ1v) is 7.13. The highest BCUT2D eigenvalue weighted by Crippen LogP contribution is 2.32. The highest BCUT2D eigenvalue weighted by Gasteiger charge is 2.28. The second-order valence-corrected chi connectivity index (χ2v) is 6.18. The normalized spacial score (nSPS) is 20.3. The van der Waals surface area contributed by atoms with Gasteiger partial charge in [-0.25, -0.2) is 0 Å². The van der Waals surface area contributed by atoms with Crippen LogP contribution in [0, 0.1) is 6.92 Å². The van der Waals surface area contributed by atoms with Gasteiger partial charge < -0.3 is 10.2 Å². The molecule has 0 unspecified atom stereocenters. The SMILES string of the molecule is Cc1ccc(Cl)cc1N1CCCNCCC1(C)C. The van der Waals surface area contributed by atoms with E-state index in [1.165, 1.54) is 17.7 Å². The minimum Gasteiger partial charge on any atom is -0.366 e. The number of hydrogen-bond donors (Lipinski definition) is 1. The van der Waals surface area contributed by atoms with Gasteiger partial charge in [0.2, 0.25) is 0 Å². The molecule has 1 fully saturated rings. The number of aryl methyl sites for hydroxylation is 1. The third-order valence-electron chi connectivity index (χ3n) is 3.84. The van der Waals surface area contributed by atoms with E-state index in [9.17, 15) is 0 Å². The molecule has 1 N–H and O–H groups in total. The Kier molecular flexibility index (Phi) is 4.18. The Bertz CT molecular complexity index is 415. The molecule has 1 heterocycles. The lowest BCUT2D eigenvalue weighted by Gasteiger charge is -2.43. The summed E-state index contributed by atoms with van der Waals surface area (Å²) in [7, 11) is 0. The van der Waals surface area contributed by atoms with Gasteiger partial charge in [0.1, 0.15) is 0 Å². The van der Waals surface area contributed by atoms with Crippen molar-refractivity contribution in [1.29, 1.82) is 0 Å². The molecule has 0 saturated carbocycles. The monoisotopic (exact) mass is 266 g/mol. The fourth-order valence-corrected chi connectivity index (χ4v) is 2.81. The van der Waals surface area contributed by atoms with Gasteiger partial charge >= 0.3 is 0 Å². The molecule has 0 radical (unpaired) electrons. The smallest absolute Gasteiger partial charge is 0.0426 e. The quantitative estimate of drug-likeness (QED) is 0.835. The molecule has 0 aliphatic carbocycles. The van der Waals surface area contributed by atoms with Crippen molar-refractivity contribution in [3.05, 3.63) is 28.8 Å². The molecule has 0 amide bonds. The van der Waals surface area contributed by atoms with Gasteiger partial charge in [-0.3, -0.25) is 0 Å². The maximum atomic E-state index is 6.16. The van der Waals surface area contributed by atoms with Crippen LogP contribution < -0.4 is 10.2 Å². The third-order valence-corrected chi connectivity index (χ3v) is 4.08. The minimum absolute atomic E-state index is 0.170. The van der Waals surface area contributed by atoms with Crippen LogP contribution in [-0.4, -0.2) is 25.2 Å². The van der Waals surface area contributed by atoms with Gasteiger partial charge in [0.25, 0.3) is 0 Å². The van der Waals surface area contributed by atoms with E-state index < -0.39 is 0 Å². The average molecular weight is 267 g/mol. The van der Waals surface area contributed by atoms with Gasteiger partial charge in [0.15, 0.2) is 0 Å². The zero-order valence-electron chi connectivity index (χ0n) is 11.6. The molecule has 1 aromatic carbocycles. The topological polar surface area (TPSA) is 15.3 Å². The van der Waals surface area contributed by atoms with Gasteiger partial charge in [-0.1, -0.05) is 17.7 Å². The second-order valence-electron chi connectivity index (χ2n) is 5.75. The van der Waals surface area contributed by atoms with E-state index >= 15 is 0 Å². The number of benzene rings is 1. The Balaban J connectivity index is 2.34. The largest absolute Gasteiger partial charge is 0.366 e. The maximum Gasteiger partial charge on any atom is 0.0426 e. The molecule has 1 aliphatic rings. The summed E-state index contributed by atoms with van der Waals surface area (Å²) < 4.78 is 0. The Labute approximate surface area is 115 Å². The van der Waals surface area contributed by atoms with Crippen LogP contribution in [0.4, 0.5) is 5.69 Å². The van der Waals surface area contributed by atoms with Crippen molar-refractivity contribution in [2.24, 2.45) is 0 Å². The summed E-state index contributed by atoms with van der Waals surface area (Å²) in [6.07, 6.45) is 2.33.